The molecule has 0 saturated carbocycles. The second-order valence-corrected chi connectivity index (χ2v) is 25.2. The van der Waals surface area contributed by atoms with Crippen molar-refractivity contribution in [3.8, 4) is 5.75 Å². The maximum absolute atomic E-state index is 14.5. The zero-order valence-corrected chi connectivity index (χ0v) is 55.1. The molecule has 3 aliphatic heterocycles. The van der Waals surface area contributed by atoms with Crippen LogP contribution in [0, 0.1) is 30.6 Å². The molecule has 7 N–H and O–H groups in total. The number of nitrogens with one attached hydrogen (secondary N) is 3. The number of nitrogens with two attached hydrogens (primary N) is 1. The lowest BCUT2D eigenvalue weighted by molar-refractivity contribution is -0.158. The summed E-state index contributed by atoms with van der Waals surface area (Å²) in [6.45, 7) is 12.5. The number of urea groups is 1. The molecule has 0 radical (unpaired) electrons. The van der Waals surface area contributed by atoms with Crippen LogP contribution in [0.1, 0.15) is 126 Å². The van der Waals surface area contributed by atoms with Gasteiger partial charge in [-0.2, -0.15) is 0 Å². The van der Waals surface area contributed by atoms with Gasteiger partial charge in [-0.15, -0.1) is 0 Å². The van der Waals surface area contributed by atoms with Gasteiger partial charge in [-0.05, 0) is 101 Å². The number of halogens is 3. The molecule has 0 spiro atoms. The number of anilines is 1. The molecule has 2 aromatic carbocycles. The van der Waals surface area contributed by atoms with Gasteiger partial charge in [-0.3, -0.25) is 34.1 Å². The molecule has 10 atom stereocenters. The number of nitrogens with zero attached hydrogens (tertiary/aromatic N) is 2. The van der Waals surface area contributed by atoms with Crippen molar-refractivity contribution >= 4 is 102 Å². The number of fused-ring (bicyclic) bond motifs is 5. The van der Waals surface area contributed by atoms with Crippen LogP contribution in [0.25, 0.3) is 0 Å². The smallest absolute Gasteiger partial charge is 0.409 e. The van der Waals surface area contributed by atoms with Crippen molar-refractivity contribution in [2.24, 2.45) is 29.4 Å². The summed E-state index contributed by atoms with van der Waals surface area (Å²) in [6, 6.07) is 4.42. The Morgan fingerprint density at radius 1 is 1.01 bits per heavy atom. The van der Waals surface area contributed by atoms with E-state index in [0.717, 1.165) is 22.1 Å². The number of amides is 6. The third-order valence-corrected chi connectivity index (χ3v) is 18.5. The van der Waals surface area contributed by atoms with Crippen LogP contribution in [0.3, 0.4) is 0 Å². The number of epoxide rings is 1. The van der Waals surface area contributed by atoms with Gasteiger partial charge in [0.2, 0.25) is 11.8 Å². The van der Waals surface area contributed by atoms with E-state index >= 15 is 0 Å². The van der Waals surface area contributed by atoms with E-state index in [0.29, 0.717) is 52.6 Å². The molecular weight excluding hydrogens is 1280 g/mol. The Morgan fingerprint density at radius 2 is 1.71 bits per heavy atom. The van der Waals surface area contributed by atoms with Crippen LogP contribution in [-0.2, 0) is 65.3 Å². The average Bonchev–Trinajstić information content (AvgIpc) is 1.65. The number of unbranched alkanes of at least 4 members (excludes halogenated alkanes) is 2. The lowest BCUT2D eigenvalue weighted by Crippen LogP contribution is -2.63. The Kier molecular flexibility index (Phi) is 26.9. The van der Waals surface area contributed by atoms with Gasteiger partial charge in [-0.25, -0.2) is 14.4 Å². The van der Waals surface area contributed by atoms with E-state index in [9.17, 15) is 53.4 Å². The number of likely N-dealkylation sites (N-methyl/N-ethyl adjacent to an activating group) is 1. The predicted molar refractivity (Wildman–Crippen MR) is 332 cm³/mol. The quantitative estimate of drug-likeness (QED) is 0.0173. The van der Waals surface area contributed by atoms with Crippen LogP contribution in [0.5, 0.6) is 5.75 Å². The van der Waals surface area contributed by atoms with Gasteiger partial charge >= 0.3 is 24.1 Å². The number of methoxy groups -OCH3 is 1. The standard InChI is InChI=1S/C62H85Br2ClN6O16/c1-34(2)44(29-43(72)17-12-11-13-23-84-58(79)42(32-63)33-64)55(76)68-45(18-15-22-67-59(66)80)48(74)27-40-20-21-41(28-47(40)73)56(77)70(8)38(6)57(78)86-51-30-52(75)71(9)46-26-39(25-36(4)53(46)65)24-35(3)16-14-19-50(83-10)62(82)31-49(85-60(81)69-62)37(5)54-61(51,7)87-54/h14,16,19-21,25-26,28,34,37-38,42,44-45,49-51,54,73,82H,11-13,15,17-18,22-24,27,29-33H2,1-10H3,(H,68,76)(H,69,81)(H3,66,67,80)/b19-14+,35-16+/t37-,38+,44+,45+,49+,50-,51+,54+,61+,62+/m1/s1. The first-order chi connectivity index (χ1) is 41.0. The summed E-state index contributed by atoms with van der Waals surface area (Å²) in [6.07, 6.45) is 1.97. The molecule has 4 bridgehead atoms. The van der Waals surface area contributed by atoms with Gasteiger partial charge in [0.15, 0.2) is 11.5 Å². The molecule has 480 valence electrons. The number of aryl methyl sites for hydroxylation is 1. The van der Waals surface area contributed by atoms with Crippen molar-refractivity contribution in [2.45, 2.75) is 167 Å². The number of alkyl halides is 2. The molecule has 87 heavy (non-hydrogen) atoms. The molecule has 0 aliphatic carbocycles. The van der Waals surface area contributed by atoms with Crippen LogP contribution in [0.15, 0.2) is 54.1 Å². The second-order valence-electron chi connectivity index (χ2n) is 23.5. The van der Waals surface area contributed by atoms with Gasteiger partial charge < -0.3 is 60.1 Å². The molecule has 5 rings (SSSR count). The van der Waals surface area contributed by atoms with Crippen LogP contribution >= 0.6 is 43.5 Å². The van der Waals surface area contributed by atoms with Crippen molar-refractivity contribution in [1.82, 2.24) is 20.9 Å². The van der Waals surface area contributed by atoms with Crippen LogP contribution in [-0.4, -0.2) is 161 Å². The number of hydrogen-bond acceptors (Lipinski definition) is 16. The van der Waals surface area contributed by atoms with Crippen molar-refractivity contribution in [3.05, 3.63) is 81.4 Å². The van der Waals surface area contributed by atoms with E-state index in [1.165, 1.54) is 38.1 Å². The molecular formula is C62H85Br2ClN6O16. The number of allylic oxidation sites excluding steroid dienone is 3. The van der Waals surface area contributed by atoms with Gasteiger partial charge in [0.25, 0.3) is 5.91 Å². The van der Waals surface area contributed by atoms with E-state index in [1.54, 1.807) is 53.0 Å². The topological polar surface area (TPSA) is 312 Å². The van der Waals surface area contributed by atoms with Gasteiger partial charge in [0.05, 0.1) is 41.8 Å². The van der Waals surface area contributed by atoms with E-state index < -0.39 is 120 Å². The number of phenols is 1. The SMILES string of the molecule is CO[C@@H]1/C=C/C=C(\C)Cc2cc(C)c(Cl)c(c2)N(C)C(=O)C[C@H](OC(=O)[C@H](C)N(C)C(=O)c2ccc(CC(=O)[C@H](CCCNC(N)=O)NC(=O)[C@@H](CC(=O)CCCCCOC(=O)C(CBr)CBr)C(C)C)c(O)c2)[C@]2(C)O[C@H]2[C@H](C)[C@@H]2C[C@@]1(O)NC(=O)O2. The monoisotopic (exact) mass is 1360 g/mol. The number of phenolic OH excluding ortho intramolecular Hbond substituents is 1. The normalized spacial score (nSPS) is 24.2. The molecule has 2 fully saturated rings. The number of esters is 2. The van der Waals surface area contributed by atoms with Crippen LogP contribution < -0.4 is 26.6 Å². The number of carbonyl (C=O) groups excluding carboxylic acids is 9. The van der Waals surface area contributed by atoms with Crippen molar-refractivity contribution in [1.29, 1.82) is 0 Å². The summed E-state index contributed by atoms with van der Waals surface area (Å²) in [7, 11) is 4.31. The molecule has 25 heteroatoms. The van der Waals surface area contributed by atoms with Gasteiger partial charge in [0, 0.05) is 87.1 Å². The van der Waals surface area contributed by atoms with E-state index in [1.807, 2.05) is 26.0 Å². The highest BCUT2D eigenvalue weighted by molar-refractivity contribution is 9.09. The Labute approximate surface area is 530 Å². The first kappa shape index (κ1) is 71.8. The number of primary amides is 1. The zero-order valence-electron chi connectivity index (χ0n) is 51.2. The maximum Gasteiger partial charge on any atom is 0.409 e. The lowest BCUT2D eigenvalue weighted by Gasteiger charge is -2.42. The Bertz CT molecular complexity index is 2910. The minimum Gasteiger partial charge on any atom is -0.508 e. The van der Waals surface area contributed by atoms with E-state index in [4.69, 9.17) is 41.0 Å². The minimum atomic E-state index is -1.91. The number of aliphatic hydroxyl groups is 1. The van der Waals surface area contributed by atoms with Crippen molar-refractivity contribution in [2.75, 3.05) is 49.9 Å². The number of rotatable bonds is 26. The first-order valence-electron chi connectivity index (χ1n) is 29.3. The fourth-order valence-corrected chi connectivity index (χ4v) is 12.6. The number of alkyl carbamates (subject to hydrolysis) is 1. The number of benzene rings is 2. The summed E-state index contributed by atoms with van der Waals surface area (Å²) in [4.78, 5) is 123. The average molecular weight is 1370 g/mol. The number of hydrogen-bond donors (Lipinski definition) is 6. The highest BCUT2D eigenvalue weighted by Crippen LogP contribution is 2.49. The van der Waals surface area contributed by atoms with Gasteiger partial charge in [-0.1, -0.05) is 100 Å². The number of ether oxygens (including phenoxy) is 5. The molecule has 22 nitrogen and oxygen atoms in total. The first-order valence-corrected chi connectivity index (χ1v) is 31.9. The molecule has 2 saturated heterocycles. The molecule has 0 aromatic heterocycles. The molecule has 3 heterocycles. The molecule has 3 aliphatic rings. The van der Waals surface area contributed by atoms with E-state index in [-0.39, 0.29) is 80.0 Å². The Hall–Kier alpha value is -5.92. The Morgan fingerprint density at radius 3 is 2.36 bits per heavy atom. The molecule has 2 aromatic rings. The number of aromatic hydroxyl groups is 1. The summed E-state index contributed by atoms with van der Waals surface area (Å²) >= 11 is 13.4. The minimum absolute atomic E-state index is 0.0623. The zero-order chi connectivity index (χ0) is 64.7. The van der Waals surface area contributed by atoms with Gasteiger partial charge in [0.1, 0.15) is 41.5 Å². The fraction of sp³-hybridized carbons (Fsp3) is 0.597. The highest BCUT2D eigenvalue weighted by Gasteiger charge is 2.64. The third-order valence-electron chi connectivity index (χ3n) is 16.5. The number of ketones is 2. The van der Waals surface area contributed by atoms with Crippen molar-refractivity contribution in [3.63, 3.8) is 0 Å². The van der Waals surface area contributed by atoms with Crippen LogP contribution in [0.2, 0.25) is 5.02 Å². The summed E-state index contributed by atoms with van der Waals surface area (Å²) in [5.74, 6) is -6.06. The van der Waals surface area contributed by atoms with Crippen molar-refractivity contribution < 1.29 is 77.0 Å². The third kappa shape index (κ3) is 19.5. The predicted octanol–water partition coefficient (Wildman–Crippen LogP) is 7.62. The highest BCUT2D eigenvalue weighted by atomic mass is 79.9. The summed E-state index contributed by atoms with van der Waals surface area (Å²) in [5, 5.41) is 32.3. The molecule has 6 amide bonds. The van der Waals surface area contributed by atoms with Crippen LogP contribution in [0.4, 0.5) is 15.3 Å². The number of carbonyl (C=O) groups is 9. The second kappa shape index (κ2) is 32.5. The lowest BCUT2D eigenvalue weighted by atomic mass is 9.83. The molecule has 0 unspecified atom stereocenters. The number of Topliss-reactive ketones (excluding diaryl/α,β-unsaturated/α-hetero) is 2. The maximum atomic E-state index is 14.5. The van der Waals surface area contributed by atoms with E-state index in [2.05, 4.69) is 47.8 Å². The largest absolute Gasteiger partial charge is 0.508 e. The summed E-state index contributed by atoms with van der Waals surface area (Å²) < 4.78 is 29.3. The Balaban J connectivity index is 1.31. The fourth-order valence-electron chi connectivity index (χ4n) is 10.7. The summed E-state index contributed by atoms with van der Waals surface area (Å²) in [5.41, 5.74) is 4.92.